The van der Waals surface area contributed by atoms with Crippen LogP contribution in [0.1, 0.15) is 80.5 Å². The van der Waals surface area contributed by atoms with E-state index in [1.54, 1.807) is 31.2 Å². The number of ketones is 2. The van der Waals surface area contributed by atoms with Gasteiger partial charge in [0, 0.05) is 22.3 Å². The van der Waals surface area contributed by atoms with E-state index in [0.29, 0.717) is 28.7 Å². The van der Waals surface area contributed by atoms with Gasteiger partial charge >= 0.3 is 0 Å². The van der Waals surface area contributed by atoms with Gasteiger partial charge in [0.1, 0.15) is 6.29 Å². The van der Waals surface area contributed by atoms with E-state index in [4.69, 9.17) is 0 Å². The smallest absolute Gasteiger partial charge is 0.190 e. The average molecular weight is 391 g/mol. The molecule has 0 spiro atoms. The van der Waals surface area contributed by atoms with Crippen molar-refractivity contribution in [3.63, 3.8) is 0 Å². The number of fused-ring (bicyclic) bond motifs is 1. The Labute approximate surface area is 173 Å². The minimum absolute atomic E-state index is 0.0313. The number of benzene rings is 1. The molecule has 0 saturated carbocycles. The fourth-order valence-electron chi connectivity index (χ4n) is 3.40. The molecule has 0 fully saturated rings. The minimum atomic E-state index is -0.0429. The molecule has 0 amide bonds. The van der Waals surface area contributed by atoms with E-state index < -0.39 is 0 Å². The highest BCUT2D eigenvalue weighted by molar-refractivity contribution is 6.26. The van der Waals surface area contributed by atoms with E-state index in [0.717, 1.165) is 37.5 Å². The monoisotopic (exact) mass is 390 g/mol. The van der Waals surface area contributed by atoms with E-state index in [2.05, 4.69) is 26.0 Å². The first-order chi connectivity index (χ1) is 13.8. The number of hydrogen-bond acceptors (Lipinski definition) is 3. The van der Waals surface area contributed by atoms with E-state index >= 15 is 0 Å². The summed E-state index contributed by atoms with van der Waals surface area (Å²) in [5, 5.41) is 0. The molecule has 0 atom stereocenters. The van der Waals surface area contributed by atoms with Gasteiger partial charge in [0.2, 0.25) is 0 Å². The lowest BCUT2D eigenvalue weighted by Crippen LogP contribution is -2.20. The molecule has 29 heavy (non-hydrogen) atoms. The Morgan fingerprint density at radius 2 is 1.38 bits per heavy atom. The fraction of sp³-hybridized carbons (Fsp3) is 0.346. The van der Waals surface area contributed by atoms with Gasteiger partial charge in [0.15, 0.2) is 11.6 Å². The highest BCUT2D eigenvalue weighted by atomic mass is 16.1. The summed E-state index contributed by atoms with van der Waals surface area (Å²) >= 11 is 0. The molecule has 0 aliphatic heterocycles. The molecule has 3 heteroatoms. The van der Waals surface area contributed by atoms with Gasteiger partial charge < -0.3 is 0 Å². The van der Waals surface area contributed by atoms with E-state index in [-0.39, 0.29) is 11.6 Å². The summed E-state index contributed by atoms with van der Waals surface area (Å²) in [6, 6.07) is 7.05. The molecule has 0 aromatic heterocycles. The summed E-state index contributed by atoms with van der Waals surface area (Å²) < 4.78 is 0. The number of aldehydes is 1. The Morgan fingerprint density at radius 3 is 2.00 bits per heavy atom. The second kappa shape index (κ2) is 10.7. The lowest BCUT2D eigenvalue weighted by atomic mass is 9.83. The number of carbonyl (C=O) groups excluding carboxylic acids is 3. The lowest BCUT2D eigenvalue weighted by Gasteiger charge is -2.18. The molecule has 152 valence electrons. The summed E-state index contributed by atoms with van der Waals surface area (Å²) in [5.74, 6) is -0.0742. The van der Waals surface area contributed by atoms with Crippen LogP contribution in [0.2, 0.25) is 0 Å². The summed E-state index contributed by atoms with van der Waals surface area (Å²) in [6.07, 6.45) is 11.3. The second-order valence-corrected chi connectivity index (χ2v) is 7.76. The SMILES string of the molecule is CC1=C(C/C=C(\C)CC/C=C(\C)CC/C=C(\C)C=O)C(=O)c2ccccc2C1=O. The van der Waals surface area contributed by atoms with Crippen molar-refractivity contribution in [2.75, 3.05) is 0 Å². The van der Waals surface area contributed by atoms with Crippen LogP contribution < -0.4 is 0 Å². The zero-order chi connectivity index (χ0) is 21.4. The Kier molecular flexibility index (Phi) is 8.26. The maximum Gasteiger partial charge on any atom is 0.190 e. The first-order valence-corrected chi connectivity index (χ1v) is 10.2. The van der Waals surface area contributed by atoms with Gasteiger partial charge in [0.05, 0.1) is 0 Å². The zero-order valence-electron chi connectivity index (χ0n) is 17.9. The van der Waals surface area contributed by atoms with Gasteiger partial charge in [-0.05, 0) is 65.4 Å². The Hall–Kier alpha value is -2.81. The van der Waals surface area contributed by atoms with Crippen LogP contribution in [0.15, 0.2) is 70.4 Å². The van der Waals surface area contributed by atoms with Crippen LogP contribution in [0.5, 0.6) is 0 Å². The molecule has 1 aromatic carbocycles. The molecule has 0 unspecified atom stereocenters. The number of carbonyl (C=O) groups is 3. The van der Waals surface area contributed by atoms with Gasteiger partial charge in [-0.25, -0.2) is 0 Å². The van der Waals surface area contributed by atoms with Crippen LogP contribution in [-0.4, -0.2) is 17.9 Å². The molecule has 0 bridgehead atoms. The highest BCUT2D eigenvalue weighted by Crippen LogP contribution is 2.28. The molecule has 0 saturated heterocycles. The minimum Gasteiger partial charge on any atom is -0.298 e. The summed E-state index contributed by atoms with van der Waals surface area (Å²) in [6.45, 7) is 7.75. The van der Waals surface area contributed by atoms with E-state index in [1.807, 2.05) is 13.0 Å². The Balaban J connectivity index is 1.93. The third kappa shape index (κ3) is 6.08. The van der Waals surface area contributed by atoms with Crippen LogP contribution in [0.3, 0.4) is 0 Å². The van der Waals surface area contributed by atoms with Crippen LogP contribution >= 0.6 is 0 Å². The number of allylic oxidation sites excluding steroid dienone is 8. The predicted octanol–water partition coefficient (Wildman–Crippen LogP) is 6.37. The third-order valence-corrected chi connectivity index (χ3v) is 5.36. The number of Topliss-reactive ketones (excluding diaryl/α,β-unsaturated/α-hetero) is 2. The molecule has 1 aromatic rings. The van der Waals surface area contributed by atoms with Crippen LogP contribution in [-0.2, 0) is 4.79 Å². The number of rotatable bonds is 9. The highest BCUT2D eigenvalue weighted by Gasteiger charge is 2.28. The molecular weight excluding hydrogens is 360 g/mol. The van der Waals surface area contributed by atoms with Gasteiger partial charge in [-0.3, -0.25) is 14.4 Å². The van der Waals surface area contributed by atoms with Gasteiger partial charge in [-0.2, -0.15) is 0 Å². The maximum absolute atomic E-state index is 12.8. The summed E-state index contributed by atoms with van der Waals surface area (Å²) in [4.78, 5) is 35.9. The summed E-state index contributed by atoms with van der Waals surface area (Å²) in [5.41, 5.74) is 5.50. The first-order valence-electron chi connectivity index (χ1n) is 10.2. The predicted molar refractivity (Wildman–Crippen MR) is 118 cm³/mol. The fourth-order valence-corrected chi connectivity index (χ4v) is 3.40. The van der Waals surface area contributed by atoms with Crippen molar-refractivity contribution in [3.05, 3.63) is 81.5 Å². The first kappa shape index (κ1) is 22.5. The van der Waals surface area contributed by atoms with Gasteiger partial charge in [-0.1, -0.05) is 53.6 Å². The van der Waals surface area contributed by atoms with Crippen molar-refractivity contribution in [2.24, 2.45) is 0 Å². The second-order valence-electron chi connectivity index (χ2n) is 7.76. The Bertz CT molecular complexity index is 923. The van der Waals surface area contributed by atoms with Crippen molar-refractivity contribution in [1.82, 2.24) is 0 Å². The lowest BCUT2D eigenvalue weighted by molar-refractivity contribution is -0.104. The van der Waals surface area contributed by atoms with Crippen LogP contribution in [0, 0.1) is 0 Å². The maximum atomic E-state index is 12.8. The normalized spacial score (nSPS) is 15.7. The largest absolute Gasteiger partial charge is 0.298 e. The zero-order valence-corrected chi connectivity index (χ0v) is 17.9. The molecule has 2 rings (SSSR count). The third-order valence-electron chi connectivity index (χ3n) is 5.36. The topological polar surface area (TPSA) is 51.2 Å². The number of hydrogen-bond donors (Lipinski definition) is 0. The van der Waals surface area contributed by atoms with Gasteiger partial charge in [-0.15, -0.1) is 0 Å². The molecule has 0 N–H and O–H groups in total. The molecular formula is C26H30O3. The molecule has 0 heterocycles. The van der Waals surface area contributed by atoms with Gasteiger partial charge in [0.25, 0.3) is 0 Å². The van der Waals surface area contributed by atoms with Crippen LogP contribution in [0.4, 0.5) is 0 Å². The Morgan fingerprint density at radius 1 is 0.828 bits per heavy atom. The molecule has 1 aliphatic rings. The van der Waals surface area contributed by atoms with Crippen molar-refractivity contribution in [1.29, 1.82) is 0 Å². The van der Waals surface area contributed by atoms with Crippen molar-refractivity contribution >= 4 is 17.9 Å². The quantitative estimate of drug-likeness (QED) is 0.280. The van der Waals surface area contributed by atoms with Crippen molar-refractivity contribution in [3.8, 4) is 0 Å². The van der Waals surface area contributed by atoms with Crippen LogP contribution in [0.25, 0.3) is 0 Å². The molecule has 3 nitrogen and oxygen atoms in total. The molecule has 0 radical (unpaired) electrons. The van der Waals surface area contributed by atoms with E-state index in [9.17, 15) is 14.4 Å². The summed E-state index contributed by atoms with van der Waals surface area (Å²) in [7, 11) is 0. The van der Waals surface area contributed by atoms with E-state index in [1.165, 1.54) is 11.1 Å². The standard InChI is InChI=1S/C26H30O3/c1-18(10-8-12-20(3)17-27)9-7-11-19(2)15-16-22-21(4)25(28)23-13-5-6-14-24(23)26(22)29/h5-6,9,12-15,17H,7-8,10-11,16H2,1-4H3/b18-9+,19-15+,20-12+. The molecule has 1 aliphatic carbocycles. The van der Waals surface area contributed by atoms with Crippen molar-refractivity contribution < 1.29 is 14.4 Å². The van der Waals surface area contributed by atoms with Crippen molar-refractivity contribution in [2.45, 2.75) is 59.8 Å². The average Bonchev–Trinajstić information content (AvgIpc) is 2.72.